The van der Waals surface area contributed by atoms with E-state index in [1.54, 1.807) is 16.8 Å². The molecule has 4 rings (SSSR count). The summed E-state index contributed by atoms with van der Waals surface area (Å²) in [5, 5.41) is 26.3. The van der Waals surface area contributed by atoms with Gasteiger partial charge in [-0.3, -0.25) is 0 Å². The van der Waals surface area contributed by atoms with Crippen molar-refractivity contribution in [1.82, 2.24) is 14.8 Å². The van der Waals surface area contributed by atoms with Crippen molar-refractivity contribution < 1.29 is 14.9 Å². The number of hydrogen-bond acceptors (Lipinski definition) is 5. The summed E-state index contributed by atoms with van der Waals surface area (Å²) < 4.78 is 8.53. The van der Waals surface area contributed by atoms with E-state index in [1.807, 2.05) is 36.4 Å². The number of ether oxygens (including phenoxy) is 1. The Balaban J connectivity index is 1.80. The fourth-order valence-corrected chi connectivity index (χ4v) is 3.62. The number of aliphatic hydroxyl groups is 2. The lowest BCUT2D eigenvalue weighted by Gasteiger charge is -2.36. The molecule has 128 valence electrons. The smallest absolute Gasteiger partial charge is 0.188 e. The second-order valence-electron chi connectivity index (χ2n) is 6.05. The zero-order valence-electron chi connectivity index (χ0n) is 13.2. The Bertz CT molecular complexity index is 873. The maximum absolute atomic E-state index is 11.1. The van der Waals surface area contributed by atoms with Crippen molar-refractivity contribution in [3.63, 3.8) is 0 Å². The minimum Gasteiger partial charge on any atom is -0.479 e. The number of nitrogens with zero attached hydrogens (tertiary/aromatic N) is 3. The molecular formula is C18H16BrN3O3. The lowest BCUT2D eigenvalue weighted by atomic mass is 9.84. The monoisotopic (exact) mass is 401 g/mol. The first-order valence-corrected chi connectivity index (χ1v) is 8.61. The molecule has 0 saturated carbocycles. The molecule has 3 atom stereocenters. The largest absolute Gasteiger partial charge is 0.479 e. The highest BCUT2D eigenvalue weighted by molar-refractivity contribution is 9.10. The molecule has 3 aromatic rings. The van der Waals surface area contributed by atoms with Crippen LogP contribution in [0.3, 0.4) is 0 Å². The van der Waals surface area contributed by atoms with Crippen molar-refractivity contribution in [3.8, 4) is 5.75 Å². The topological polar surface area (TPSA) is 80.4 Å². The Morgan fingerprint density at radius 3 is 2.76 bits per heavy atom. The minimum absolute atomic E-state index is 0.149. The van der Waals surface area contributed by atoms with Gasteiger partial charge in [0.05, 0.1) is 6.54 Å². The Labute approximate surface area is 152 Å². The van der Waals surface area contributed by atoms with Gasteiger partial charge < -0.3 is 14.9 Å². The van der Waals surface area contributed by atoms with E-state index in [2.05, 4.69) is 26.0 Å². The molecule has 7 heteroatoms. The zero-order valence-corrected chi connectivity index (χ0v) is 14.7. The third-order valence-corrected chi connectivity index (χ3v) is 4.98. The summed E-state index contributed by atoms with van der Waals surface area (Å²) in [6.07, 6.45) is 0.862. The van der Waals surface area contributed by atoms with Crippen LogP contribution in [0.5, 0.6) is 5.75 Å². The van der Waals surface area contributed by atoms with Crippen LogP contribution in [0.4, 0.5) is 0 Å². The number of aromatic nitrogens is 3. The molecule has 1 aliphatic heterocycles. The van der Waals surface area contributed by atoms with Gasteiger partial charge in [0.2, 0.25) is 0 Å². The van der Waals surface area contributed by atoms with E-state index in [-0.39, 0.29) is 6.54 Å². The molecule has 2 N–H and O–H groups in total. The van der Waals surface area contributed by atoms with Gasteiger partial charge in [0, 0.05) is 10.0 Å². The van der Waals surface area contributed by atoms with Crippen LogP contribution >= 0.6 is 15.9 Å². The summed E-state index contributed by atoms with van der Waals surface area (Å²) >= 11 is 3.42. The Morgan fingerprint density at radius 2 is 2.04 bits per heavy atom. The number of fused-ring (bicyclic) bond motifs is 1. The van der Waals surface area contributed by atoms with E-state index < -0.39 is 17.8 Å². The number of hydrogen-bond donors (Lipinski definition) is 2. The summed E-state index contributed by atoms with van der Waals surface area (Å²) in [5.41, 5.74) is -0.0175. The fraction of sp³-hybridized carbons (Fsp3) is 0.222. The molecule has 2 aromatic carbocycles. The molecule has 0 radical (unpaired) electrons. The van der Waals surface area contributed by atoms with Gasteiger partial charge in [0.1, 0.15) is 30.6 Å². The number of benzene rings is 2. The summed E-state index contributed by atoms with van der Waals surface area (Å²) in [4.78, 5) is 3.94. The van der Waals surface area contributed by atoms with Crippen LogP contribution in [0.25, 0.3) is 0 Å². The molecule has 0 saturated heterocycles. The van der Waals surface area contributed by atoms with E-state index in [1.165, 1.54) is 12.7 Å². The van der Waals surface area contributed by atoms with Crippen molar-refractivity contribution >= 4 is 15.9 Å². The highest BCUT2D eigenvalue weighted by Gasteiger charge is 2.54. The summed E-state index contributed by atoms with van der Waals surface area (Å²) in [6.45, 7) is 0.149. The van der Waals surface area contributed by atoms with Crippen LogP contribution in [0, 0.1) is 0 Å². The molecule has 0 aliphatic carbocycles. The van der Waals surface area contributed by atoms with E-state index in [0.29, 0.717) is 16.9 Å². The Hall–Kier alpha value is -2.22. The van der Waals surface area contributed by atoms with Crippen LogP contribution in [0.1, 0.15) is 23.3 Å². The molecule has 0 unspecified atom stereocenters. The standard InChI is InChI=1S/C18H16BrN3O3/c19-13-6-7-15-14(8-13)17(24)18(25-15,9-22-11-20-10-21-22)16(23)12-4-2-1-3-5-12/h1-8,10-11,16-17,23-24H,9H2/t16-,17-,18-/m1/s1. The third-order valence-electron chi connectivity index (χ3n) is 4.48. The molecule has 0 amide bonds. The average molecular weight is 402 g/mol. The first kappa shape index (κ1) is 16.3. The molecule has 0 spiro atoms. The average Bonchev–Trinajstić information content (AvgIpc) is 3.23. The summed E-state index contributed by atoms with van der Waals surface area (Å²) in [5.74, 6) is 0.547. The van der Waals surface area contributed by atoms with Crippen molar-refractivity contribution in [2.45, 2.75) is 24.4 Å². The van der Waals surface area contributed by atoms with Crippen molar-refractivity contribution in [2.24, 2.45) is 0 Å². The normalized spacial score (nSPS) is 23.1. The van der Waals surface area contributed by atoms with Crippen molar-refractivity contribution in [2.75, 3.05) is 0 Å². The van der Waals surface area contributed by atoms with Crippen LogP contribution in [0.2, 0.25) is 0 Å². The predicted molar refractivity (Wildman–Crippen MR) is 93.9 cm³/mol. The highest BCUT2D eigenvalue weighted by Crippen LogP contribution is 2.50. The molecule has 1 aliphatic rings. The van der Waals surface area contributed by atoms with Gasteiger partial charge >= 0.3 is 0 Å². The first-order valence-electron chi connectivity index (χ1n) is 7.82. The van der Waals surface area contributed by atoms with Crippen LogP contribution < -0.4 is 4.74 Å². The predicted octanol–water partition coefficient (Wildman–Crippen LogP) is 2.64. The third kappa shape index (κ3) is 2.74. The maximum atomic E-state index is 11.1. The lowest BCUT2D eigenvalue weighted by molar-refractivity contribution is -0.124. The molecule has 6 nitrogen and oxygen atoms in total. The van der Waals surface area contributed by atoms with Gasteiger partial charge in [-0.1, -0.05) is 46.3 Å². The number of rotatable bonds is 4. The fourth-order valence-electron chi connectivity index (χ4n) is 3.25. The second-order valence-corrected chi connectivity index (χ2v) is 6.96. The van der Waals surface area contributed by atoms with E-state index in [4.69, 9.17) is 4.74 Å². The van der Waals surface area contributed by atoms with Crippen LogP contribution in [-0.4, -0.2) is 30.6 Å². The van der Waals surface area contributed by atoms with Crippen molar-refractivity contribution in [3.05, 3.63) is 76.8 Å². The minimum atomic E-state index is -1.31. The van der Waals surface area contributed by atoms with Gasteiger partial charge in [-0.2, -0.15) is 5.10 Å². The molecule has 0 bridgehead atoms. The van der Waals surface area contributed by atoms with Gasteiger partial charge in [-0.05, 0) is 23.8 Å². The van der Waals surface area contributed by atoms with Gasteiger partial charge in [-0.15, -0.1) is 0 Å². The summed E-state index contributed by atoms with van der Waals surface area (Å²) in [7, 11) is 0. The van der Waals surface area contributed by atoms with E-state index in [9.17, 15) is 10.2 Å². The molecule has 2 heterocycles. The quantitative estimate of drug-likeness (QED) is 0.702. The van der Waals surface area contributed by atoms with E-state index >= 15 is 0 Å². The molecule has 0 fully saturated rings. The lowest BCUT2D eigenvalue weighted by Crippen LogP contribution is -2.48. The van der Waals surface area contributed by atoms with Gasteiger partial charge in [-0.25, -0.2) is 9.67 Å². The molecule has 25 heavy (non-hydrogen) atoms. The maximum Gasteiger partial charge on any atom is 0.188 e. The summed E-state index contributed by atoms with van der Waals surface area (Å²) in [6, 6.07) is 14.6. The zero-order chi connectivity index (χ0) is 17.4. The molecule has 1 aromatic heterocycles. The second kappa shape index (κ2) is 6.25. The van der Waals surface area contributed by atoms with Gasteiger partial charge in [0.25, 0.3) is 0 Å². The van der Waals surface area contributed by atoms with E-state index in [0.717, 1.165) is 4.47 Å². The number of aliphatic hydroxyl groups excluding tert-OH is 2. The SMILES string of the molecule is O[C@H](c1ccccc1)[C@@]1(Cn2cncn2)Oc2ccc(Br)cc2[C@H]1O. The van der Waals surface area contributed by atoms with Crippen LogP contribution in [0.15, 0.2) is 65.7 Å². The molecular weight excluding hydrogens is 386 g/mol. The first-order chi connectivity index (χ1) is 12.1. The Kier molecular flexibility index (Phi) is 4.07. The van der Waals surface area contributed by atoms with Crippen molar-refractivity contribution in [1.29, 1.82) is 0 Å². The van der Waals surface area contributed by atoms with Crippen LogP contribution in [-0.2, 0) is 6.54 Å². The number of halogens is 1. The van der Waals surface area contributed by atoms with Gasteiger partial charge in [0.15, 0.2) is 5.60 Å². The Morgan fingerprint density at radius 1 is 1.24 bits per heavy atom. The highest BCUT2D eigenvalue weighted by atomic mass is 79.9.